The third-order valence-electron chi connectivity index (χ3n) is 6.56. The second-order valence-electron chi connectivity index (χ2n) is 9.99. The van der Waals surface area contributed by atoms with Crippen molar-refractivity contribution in [1.82, 2.24) is 15.0 Å². The van der Waals surface area contributed by atoms with Crippen molar-refractivity contribution < 1.29 is 4.74 Å². The van der Waals surface area contributed by atoms with Gasteiger partial charge in [0.1, 0.15) is 11.5 Å². The monoisotopic (exact) mass is 504 g/mol. The number of hydrogen-bond acceptors (Lipinski definition) is 11. The highest BCUT2D eigenvalue weighted by molar-refractivity contribution is 5.47. The van der Waals surface area contributed by atoms with E-state index in [2.05, 4.69) is 5.32 Å². The molecule has 0 aliphatic carbocycles. The van der Waals surface area contributed by atoms with E-state index in [9.17, 15) is 0 Å². The summed E-state index contributed by atoms with van der Waals surface area (Å²) < 4.78 is 5.89. The highest BCUT2D eigenvalue weighted by Gasteiger charge is 2.28. The summed E-state index contributed by atoms with van der Waals surface area (Å²) in [6.07, 6.45) is 1.55. The van der Waals surface area contributed by atoms with Crippen molar-refractivity contribution in [3.05, 3.63) is 60.2 Å². The molecular formula is C26H36N10O. The predicted octanol–water partition coefficient (Wildman–Crippen LogP) is 1.01. The van der Waals surface area contributed by atoms with Gasteiger partial charge in [-0.1, -0.05) is 30.3 Å². The van der Waals surface area contributed by atoms with Gasteiger partial charge in [-0.25, -0.2) is 0 Å². The minimum absolute atomic E-state index is 0.0335. The van der Waals surface area contributed by atoms with Crippen LogP contribution in [0.1, 0.15) is 18.4 Å². The quantitative estimate of drug-likeness (QED) is 0.311. The number of nitrogens with two attached hydrogens (primary N) is 4. The van der Waals surface area contributed by atoms with Crippen LogP contribution in [0.15, 0.2) is 54.6 Å². The molecule has 1 aromatic heterocycles. The molecule has 2 aliphatic heterocycles. The first-order chi connectivity index (χ1) is 17.9. The average Bonchev–Trinajstić information content (AvgIpc) is 2.88. The second kappa shape index (κ2) is 11.3. The first-order valence-corrected chi connectivity index (χ1v) is 12.8. The Hall–Kier alpha value is -3.51. The average molecular weight is 505 g/mol. The van der Waals surface area contributed by atoms with Crippen molar-refractivity contribution in [2.75, 3.05) is 41.3 Å². The number of anilines is 3. The molecule has 4 atom stereocenters. The maximum atomic E-state index is 6.24. The van der Waals surface area contributed by atoms with E-state index in [1.54, 1.807) is 0 Å². The predicted molar refractivity (Wildman–Crippen MR) is 146 cm³/mol. The minimum atomic E-state index is -0.0335. The number of rotatable bonds is 7. The smallest absolute Gasteiger partial charge is 0.232 e. The molecule has 2 aromatic carbocycles. The largest absolute Gasteiger partial charge is 0.457 e. The molecule has 0 amide bonds. The van der Waals surface area contributed by atoms with Crippen LogP contribution in [0.3, 0.4) is 0 Å². The molecule has 0 saturated carbocycles. The van der Waals surface area contributed by atoms with Crippen molar-refractivity contribution in [1.29, 1.82) is 0 Å². The van der Waals surface area contributed by atoms with Gasteiger partial charge < -0.3 is 42.8 Å². The summed E-state index contributed by atoms with van der Waals surface area (Å²) in [5, 5.41) is 3.35. The van der Waals surface area contributed by atoms with Crippen molar-refractivity contribution in [3.63, 3.8) is 0 Å². The van der Waals surface area contributed by atoms with Crippen LogP contribution >= 0.6 is 0 Å². The molecule has 5 rings (SSSR count). The van der Waals surface area contributed by atoms with Gasteiger partial charge in [-0.05, 0) is 42.7 Å². The summed E-state index contributed by atoms with van der Waals surface area (Å²) in [5.74, 6) is 3.16. The fourth-order valence-corrected chi connectivity index (χ4v) is 4.88. The topological polar surface area (TPSA) is 170 Å². The van der Waals surface area contributed by atoms with Crippen LogP contribution in [0.25, 0.3) is 0 Å². The van der Waals surface area contributed by atoms with Gasteiger partial charge >= 0.3 is 0 Å². The molecule has 9 N–H and O–H groups in total. The van der Waals surface area contributed by atoms with E-state index in [1.165, 1.54) is 0 Å². The van der Waals surface area contributed by atoms with E-state index in [-0.39, 0.29) is 24.2 Å². The van der Waals surface area contributed by atoms with Gasteiger partial charge in [0.25, 0.3) is 0 Å². The van der Waals surface area contributed by atoms with Gasteiger partial charge in [-0.15, -0.1) is 0 Å². The molecule has 3 aromatic rings. The molecule has 3 heterocycles. The Morgan fingerprint density at radius 2 is 1.16 bits per heavy atom. The zero-order valence-electron chi connectivity index (χ0n) is 20.9. The molecule has 11 heteroatoms. The van der Waals surface area contributed by atoms with Crippen LogP contribution in [-0.4, -0.2) is 65.3 Å². The molecule has 0 spiro atoms. The van der Waals surface area contributed by atoms with Crippen LogP contribution in [-0.2, 0) is 6.54 Å². The maximum Gasteiger partial charge on any atom is 0.232 e. The lowest BCUT2D eigenvalue weighted by molar-refractivity contribution is 0.441. The van der Waals surface area contributed by atoms with Gasteiger partial charge in [0, 0.05) is 56.9 Å². The van der Waals surface area contributed by atoms with Crippen LogP contribution in [0.4, 0.5) is 17.8 Å². The highest BCUT2D eigenvalue weighted by Crippen LogP contribution is 2.24. The lowest BCUT2D eigenvalue weighted by Crippen LogP contribution is -2.54. The molecule has 0 unspecified atom stereocenters. The van der Waals surface area contributed by atoms with Crippen molar-refractivity contribution in [2.45, 2.75) is 43.6 Å². The normalized spacial score (nSPS) is 24.1. The molecule has 2 fully saturated rings. The second-order valence-corrected chi connectivity index (χ2v) is 9.99. The number of aromatic nitrogens is 3. The SMILES string of the molecule is N[C@@H]1C[C@H](N)CN(c2nc(NCc3ccc(Oc4ccccc4)cc3)nc(N3C[C@H](N)C[C@H](N)C3)n2)C1. The number of ether oxygens (including phenoxy) is 1. The van der Waals surface area contributed by atoms with E-state index in [0.717, 1.165) is 29.9 Å². The fraction of sp³-hybridized carbons (Fsp3) is 0.423. The molecule has 2 aliphatic rings. The molecule has 2 saturated heterocycles. The van der Waals surface area contributed by atoms with E-state index in [4.69, 9.17) is 42.6 Å². The van der Waals surface area contributed by atoms with Gasteiger partial charge in [0.05, 0.1) is 0 Å². The van der Waals surface area contributed by atoms with Crippen molar-refractivity contribution in [3.8, 4) is 11.5 Å². The number of nitrogens with zero attached hydrogens (tertiary/aromatic N) is 5. The van der Waals surface area contributed by atoms with E-state index < -0.39 is 0 Å². The van der Waals surface area contributed by atoms with Crippen LogP contribution in [0.5, 0.6) is 11.5 Å². The summed E-state index contributed by atoms with van der Waals surface area (Å²) in [6, 6.07) is 17.5. The lowest BCUT2D eigenvalue weighted by Gasteiger charge is -2.37. The Balaban J connectivity index is 1.33. The maximum absolute atomic E-state index is 6.24. The Morgan fingerprint density at radius 1 is 0.676 bits per heavy atom. The first kappa shape index (κ1) is 25.2. The number of benzene rings is 2. The molecule has 37 heavy (non-hydrogen) atoms. The molecule has 11 nitrogen and oxygen atoms in total. The van der Waals surface area contributed by atoms with Crippen LogP contribution < -0.4 is 42.8 Å². The van der Waals surface area contributed by atoms with Crippen LogP contribution in [0.2, 0.25) is 0 Å². The molecule has 0 radical (unpaired) electrons. The van der Waals surface area contributed by atoms with E-state index >= 15 is 0 Å². The number of para-hydroxylation sites is 1. The first-order valence-electron chi connectivity index (χ1n) is 12.8. The number of piperidine rings is 2. The van der Waals surface area contributed by atoms with Gasteiger partial charge in [0.2, 0.25) is 17.8 Å². The number of nitrogens with one attached hydrogen (secondary N) is 1. The van der Waals surface area contributed by atoms with E-state index in [1.807, 2.05) is 64.4 Å². The third kappa shape index (κ3) is 6.63. The van der Waals surface area contributed by atoms with Gasteiger partial charge in [-0.2, -0.15) is 15.0 Å². The Labute approximate surface area is 217 Å². The lowest BCUT2D eigenvalue weighted by atomic mass is 10.0. The third-order valence-corrected chi connectivity index (χ3v) is 6.56. The Morgan fingerprint density at radius 3 is 1.68 bits per heavy atom. The summed E-state index contributed by atoms with van der Waals surface area (Å²) in [6.45, 7) is 3.08. The van der Waals surface area contributed by atoms with Crippen molar-refractivity contribution >= 4 is 17.8 Å². The summed E-state index contributed by atoms with van der Waals surface area (Å²) >= 11 is 0. The summed E-state index contributed by atoms with van der Waals surface area (Å²) in [4.78, 5) is 18.3. The summed E-state index contributed by atoms with van der Waals surface area (Å²) in [7, 11) is 0. The zero-order valence-corrected chi connectivity index (χ0v) is 20.9. The number of hydrogen-bond donors (Lipinski definition) is 5. The van der Waals surface area contributed by atoms with Gasteiger partial charge in [0.15, 0.2) is 0 Å². The summed E-state index contributed by atoms with van der Waals surface area (Å²) in [5.41, 5.74) is 26.0. The molecular weight excluding hydrogens is 468 g/mol. The van der Waals surface area contributed by atoms with Gasteiger partial charge in [-0.3, -0.25) is 0 Å². The Kier molecular flexibility index (Phi) is 7.65. The van der Waals surface area contributed by atoms with Crippen LogP contribution in [0, 0.1) is 0 Å². The fourth-order valence-electron chi connectivity index (χ4n) is 4.88. The Bertz CT molecular complexity index is 1100. The van der Waals surface area contributed by atoms with E-state index in [0.29, 0.717) is 50.6 Å². The zero-order chi connectivity index (χ0) is 25.8. The highest BCUT2D eigenvalue weighted by atomic mass is 16.5. The standard InChI is InChI=1S/C26H36N10O/c27-18-10-19(28)14-35(13-18)25-32-24(33-26(34-25)36-15-20(29)11-21(30)16-36)31-12-17-6-8-23(9-7-17)37-22-4-2-1-3-5-22/h1-9,18-21H,10-16,27-30H2,(H,31,32,33,34)/t18-,19+,20-,21+. The molecule has 0 bridgehead atoms. The molecule has 196 valence electrons. The van der Waals surface area contributed by atoms with Crippen molar-refractivity contribution in [2.24, 2.45) is 22.9 Å². The minimum Gasteiger partial charge on any atom is -0.457 e.